The summed E-state index contributed by atoms with van der Waals surface area (Å²) in [5, 5.41) is 9.18. The number of thioether (sulfide) groups is 1. The fourth-order valence-electron chi connectivity index (χ4n) is 3.19. The van der Waals surface area contributed by atoms with Gasteiger partial charge in [0, 0.05) is 17.9 Å². The van der Waals surface area contributed by atoms with E-state index in [0.717, 1.165) is 0 Å². The molecule has 1 fully saturated rings. The zero-order valence-electron chi connectivity index (χ0n) is 17.7. The van der Waals surface area contributed by atoms with E-state index < -0.39 is 16.6 Å². The maximum absolute atomic E-state index is 13.1. The van der Waals surface area contributed by atoms with Crippen molar-refractivity contribution in [3.8, 4) is 6.07 Å². The first-order valence-electron chi connectivity index (χ1n) is 9.37. The summed E-state index contributed by atoms with van der Waals surface area (Å²) >= 11 is 6.09. The standard InChI is InChI=1S/C20H28N4O3S2/c1-19(2,3)27-16(25)8-7-9-23-18(28)24(17(26)20(23,4)5)13-10-15(29-6)14(11-21)22-12-13/h10,12,18,28H,7-9H2,1-6H3. The van der Waals surface area contributed by atoms with Gasteiger partial charge in [-0.25, -0.2) is 4.98 Å². The Hall–Kier alpha value is -1.76. The van der Waals surface area contributed by atoms with Gasteiger partial charge in [0.25, 0.3) is 0 Å². The molecule has 0 N–H and O–H groups in total. The maximum atomic E-state index is 13.1. The van der Waals surface area contributed by atoms with Crippen molar-refractivity contribution in [3.05, 3.63) is 18.0 Å². The van der Waals surface area contributed by atoms with Crippen molar-refractivity contribution < 1.29 is 14.3 Å². The molecule has 1 unspecified atom stereocenters. The highest BCUT2D eigenvalue weighted by Crippen LogP contribution is 2.37. The lowest BCUT2D eigenvalue weighted by Crippen LogP contribution is -2.45. The average Bonchev–Trinajstić information content (AvgIpc) is 2.79. The van der Waals surface area contributed by atoms with Gasteiger partial charge in [0.05, 0.1) is 17.4 Å². The van der Waals surface area contributed by atoms with Crippen LogP contribution in [0.25, 0.3) is 0 Å². The molecule has 0 aliphatic carbocycles. The third-order valence-electron chi connectivity index (χ3n) is 4.61. The zero-order valence-corrected chi connectivity index (χ0v) is 19.4. The molecule has 1 amide bonds. The lowest BCUT2D eigenvalue weighted by molar-refractivity contribution is -0.155. The second kappa shape index (κ2) is 8.94. The van der Waals surface area contributed by atoms with Crippen molar-refractivity contribution in [2.45, 2.75) is 69.0 Å². The summed E-state index contributed by atoms with van der Waals surface area (Å²) in [7, 11) is 0. The summed E-state index contributed by atoms with van der Waals surface area (Å²) in [5.41, 5.74) is -0.868. The van der Waals surface area contributed by atoms with Crippen molar-refractivity contribution in [1.29, 1.82) is 5.26 Å². The molecule has 1 aliphatic heterocycles. The van der Waals surface area contributed by atoms with E-state index in [1.807, 2.05) is 45.8 Å². The number of anilines is 1. The first-order valence-corrected chi connectivity index (χ1v) is 11.1. The molecule has 1 atom stereocenters. The van der Waals surface area contributed by atoms with Crippen LogP contribution >= 0.6 is 24.4 Å². The van der Waals surface area contributed by atoms with Crippen LogP contribution in [-0.2, 0) is 14.3 Å². The summed E-state index contributed by atoms with van der Waals surface area (Å²) in [6.45, 7) is 9.72. The Morgan fingerprint density at radius 3 is 2.66 bits per heavy atom. The molecule has 158 valence electrons. The molecule has 0 aromatic carbocycles. The van der Waals surface area contributed by atoms with Crippen LogP contribution in [0.1, 0.15) is 53.2 Å². The Morgan fingerprint density at radius 1 is 1.45 bits per heavy atom. The number of aromatic nitrogens is 1. The van der Waals surface area contributed by atoms with Gasteiger partial charge >= 0.3 is 5.97 Å². The molecule has 1 aromatic heterocycles. The van der Waals surface area contributed by atoms with Gasteiger partial charge in [0.2, 0.25) is 5.91 Å². The molecule has 0 spiro atoms. The van der Waals surface area contributed by atoms with Gasteiger partial charge in [0.15, 0.2) is 5.69 Å². The van der Waals surface area contributed by atoms with Gasteiger partial charge in [0.1, 0.15) is 17.2 Å². The molecule has 9 heteroatoms. The highest BCUT2D eigenvalue weighted by Gasteiger charge is 2.50. The first kappa shape index (κ1) is 23.5. The van der Waals surface area contributed by atoms with Crippen LogP contribution in [-0.4, -0.2) is 51.2 Å². The number of carbonyl (C=O) groups excluding carboxylic acids is 2. The quantitative estimate of drug-likeness (QED) is 0.415. The van der Waals surface area contributed by atoms with Crippen LogP contribution in [0, 0.1) is 11.3 Å². The maximum Gasteiger partial charge on any atom is 0.306 e. The molecule has 1 saturated heterocycles. The Kier molecular flexibility index (Phi) is 7.25. The van der Waals surface area contributed by atoms with Crippen LogP contribution in [0.3, 0.4) is 0 Å². The highest BCUT2D eigenvalue weighted by molar-refractivity contribution is 7.98. The predicted octanol–water partition coefficient (Wildman–Crippen LogP) is 3.44. The van der Waals surface area contributed by atoms with E-state index in [1.54, 1.807) is 11.0 Å². The summed E-state index contributed by atoms with van der Waals surface area (Å²) in [5.74, 6) is -0.359. The van der Waals surface area contributed by atoms with Gasteiger partial charge < -0.3 is 4.74 Å². The van der Waals surface area contributed by atoms with Crippen LogP contribution in [0.5, 0.6) is 0 Å². The number of nitriles is 1. The van der Waals surface area contributed by atoms with Crippen molar-refractivity contribution >= 4 is 42.0 Å². The molecule has 0 saturated carbocycles. The summed E-state index contributed by atoms with van der Waals surface area (Å²) in [6.07, 6.45) is 4.21. The van der Waals surface area contributed by atoms with Gasteiger partial charge in [-0.05, 0) is 53.4 Å². The van der Waals surface area contributed by atoms with Crippen LogP contribution in [0.2, 0.25) is 0 Å². The van der Waals surface area contributed by atoms with E-state index in [4.69, 9.17) is 4.74 Å². The number of rotatable bonds is 6. The summed E-state index contributed by atoms with van der Waals surface area (Å²) in [6, 6.07) is 3.85. The molecule has 1 aliphatic rings. The van der Waals surface area contributed by atoms with Gasteiger partial charge in [-0.15, -0.1) is 24.4 Å². The Balaban J connectivity index is 2.16. The molecular weight excluding hydrogens is 408 g/mol. The Morgan fingerprint density at radius 2 is 2.10 bits per heavy atom. The third-order valence-corrected chi connectivity index (χ3v) is 5.87. The van der Waals surface area contributed by atoms with E-state index in [1.165, 1.54) is 18.0 Å². The molecule has 1 aromatic rings. The molecule has 29 heavy (non-hydrogen) atoms. The number of nitrogens with zero attached hydrogens (tertiary/aromatic N) is 4. The second-order valence-electron chi connectivity index (χ2n) is 8.32. The first-order chi connectivity index (χ1) is 13.4. The van der Waals surface area contributed by atoms with E-state index in [0.29, 0.717) is 29.2 Å². The smallest absolute Gasteiger partial charge is 0.306 e. The number of thiol groups is 1. The van der Waals surface area contributed by atoms with Crippen molar-refractivity contribution in [3.63, 3.8) is 0 Å². The summed E-state index contributed by atoms with van der Waals surface area (Å²) in [4.78, 5) is 33.6. The van der Waals surface area contributed by atoms with Gasteiger partial charge in [-0.2, -0.15) is 5.26 Å². The summed E-state index contributed by atoms with van der Waals surface area (Å²) < 4.78 is 5.35. The lowest BCUT2D eigenvalue weighted by Gasteiger charge is -2.31. The minimum atomic E-state index is -0.784. The zero-order chi connectivity index (χ0) is 22.0. The third kappa shape index (κ3) is 5.24. The van der Waals surface area contributed by atoms with E-state index >= 15 is 0 Å². The lowest BCUT2D eigenvalue weighted by atomic mass is 10.0. The van der Waals surface area contributed by atoms with Crippen molar-refractivity contribution in [2.24, 2.45) is 0 Å². The van der Waals surface area contributed by atoms with Crippen LogP contribution in [0.15, 0.2) is 17.2 Å². The number of hydrogen-bond donors (Lipinski definition) is 1. The number of carbonyl (C=O) groups is 2. The SMILES string of the molecule is CSc1cc(N2C(=O)C(C)(C)N(CCCC(=O)OC(C)(C)C)C2S)cnc1C#N. The average molecular weight is 437 g/mol. The number of hydrogen-bond acceptors (Lipinski definition) is 8. The van der Waals surface area contributed by atoms with Gasteiger partial charge in [-0.1, -0.05) is 0 Å². The molecule has 2 rings (SSSR count). The van der Waals surface area contributed by atoms with Crippen molar-refractivity contribution in [1.82, 2.24) is 9.88 Å². The molecule has 0 radical (unpaired) electrons. The van der Waals surface area contributed by atoms with Crippen LogP contribution < -0.4 is 4.90 Å². The fraction of sp³-hybridized carbons (Fsp3) is 0.600. The number of amides is 1. The minimum absolute atomic E-state index is 0.103. The van der Waals surface area contributed by atoms with E-state index in [-0.39, 0.29) is 18.3 Å². The number of pyridine rings is 1. The fourth-order valence-corrected chi connectivity index (χ4v) is 4.36. The molecular formula is C20H28N4O3S2. The van der Waals surface area contributed by atoms with Gasteiger partial charge in [-0.3, -0.25) is 19.4 Å². The topological polar surface area (TPSA) is 86.5 Å². The molecule has 2 heterocycles. The largest absolute Gasteiger partial charge is 0.460 e. The van der Waals surface area contributed by atoms with Crippen LogP contribution in [0.4, 0.5) is 5.69 Å². The van der Waals surface area contributed by atoms with E-state index in [9.17, 15) is 14.9 Å². The predicted molar refractivity (Wildman–Crippen MR) is 117 cm³/mol. The second-order valence-corrected chi connectivity index (χ2v) is 9.63. The minimum Gasteiger partial charge on any atom is -0.460 e. The molecule has 7 nitrogen and oxygen atoms in total. The van der Waals surface area contributed by atoms with Crippen molar-refractivity contribution in [2.75, 3.05) is 17.7 Å². The molecule has 0 bridgehead atoms. The normalized spacial score (nSPS) is 19.3. The monoisotopic (exact) mass is 436 g/mol. The number of ether oxygens (including phenoxy) is 1. The highest BCUT2D eigenvalue weighted by atomic mass is 32.2. The Bertz CT molecular complexity index is 830. The number of esters is 1. The van der Waals surface area contributed by atoms with E-state index in [2.05, 4.69) is 23.7 Å². The Labute approximate surface area is 182 Å².